The molecule has 5 nitrogen and oxygen atoms in total. The molecular formula is C24H28N4O. The second-order valence-electron chi connectivity index (χ2n) is 7.90. The standard InChI is InChI=1S/C24H28N4O/c1-18-12-21(13-19(2)23(18)29)17-27-8-10-28(11-9-27)24-25-15-22(16-26-24)14-20-6-4-3-5-7-20/h3-7,12-13,15-16,29H,8-11,14,17H2,1-2H3. The van der Waals surface area contributed by atoms with Crippen molar-refractivity contribution in [1.29, 1.82) is 0 Å². The predicted molar refractivity (Wildman–Crippen MR) is 116 cm³/mol. The van der Waals surface area contributed by atoms with Gasteiger partial charge in [0.15, 0.2) is 0 Å². The Morgan fingerprint density at radius 2 is 1.45 bits per heavy atom. The first-order valence-electron chi connectivity index (χ1n) is 10.2. The van der Waals surface area contributed by atoms with Crippen LogP contribution in [0.3, 0.4) is 0 Å². The molecule has 2 heterocycles. The maximum atomic E-state index is 9.97. The zero-order chi connectivity index (χ0) is 20.2. The summed E-state index contributed by atoms with van der Waals surface area (Å²) in [6.45, 7) is 8.64. The van der Waals surface area contributed by atoms with Crippen molar-refractivity contribution >= 4 is 5.95 Å². The maximum absolute atomic E-state index is 9.97. The van der Waals surface area contributed by atoms with Crippen molar-refractivity contribution in [3.63, 3.8) is 0 Å². The van der Waals surface area contributed by atoms with Crippen LogP contribution in [0.25, 0.3) is 0 Å². The van der Waals surface area contributed by atoms with E-state index in [1.54, 1.807) is 0 Å². The van der Waals surface area contributed by atoms with Gasteiger partial charge in [0.25, 0.3) is 0 Å². The van der Waals surface area contributed by atoms with Crippen LogP contribution in [0.15, 0.2) is 54.9 Å². The average Bonchev–Trinajstić information content (AvgIpc) is 2.74. The van der Waals surface area contributed by atoms with Crippen molar-refractivity contribution < 1.29 is 5.11 Å². The lowest BCUT2D eigenvalue weighted by atomic mass is 10.1. The van der Waals surface area contributed by atoms with E-state index in [-0.39, 0.29) is 0 Å². The molecule has 1 aliphatic heterocycles. The highest BCUT2D eigenvalue weighted by molar-refractivity contribution is 5.42. The van der Waals surface area contributed by atoms with E-state index in [4.69, 9.17) is 0 Å². The van der Waals surface area contributed by atoms with Crippen molar-refractivity contribution in [2.24, 2.45) is 0 Å². The first-order chi connectivity index (χ1) is 14.1. The highest BCUT2D eigenvalue weighted by atomic mass is 16.3. The minimum Gasteiger partial charge on any atom is -0.507 e. The fourth-order valence-electron chi connectivity index (χ4n) is 3.94. The second-order valence-corrected chi connectivity index (χ2v) is 7.90. The van der Waals surface area contributed by atoms with Crippen molar-refractivity contribution in [1.82, 2.24) is 14.9 Å². The third-order valence-corrected chi connectivity index (χ3v) is 5.55. The third-order valence-electron chi connectivity index (χ3n) is 5.55. The summed E-state index contributed by atoms with van der Waals surface area (Å²) in [6.07, 6.45) is 4.76. The number of hydrogen-bond donors (Lipinski definition) is 1. The number of aromatic hydroxyl groups is 1. The molecule has 1 fully saturated rings. The smallest absolute Gasteiger partial charge is 0.225 e. The van der Waals surface area contributed by atoms with Crippen molar-refractivity contribution in [3.05, 3.63) is 82.7 Å². The highest BCUT2D eigenvalue weighted by Crippen LogP contribution is 2.24. The number of phenols is 1. The number of phenolic OH excluding ortho intramolecular Hbond substituents is 1. The van der Waals surface area contributed by atoms with Crippen LogP contribution >= 0.6 is 0 Å². The monoisotopic (exact) mass is 388 g/mol. The number of anilines is 1. The molecule has 150 valence electrons. The van der Waals surface area contributed by atoms with Gasteiger partial charge in [0.2, 0.25) is 5.95 Å². The summed E-state index contributed by atoms with van der Waals surface area (Å²) in [7, 11) is 0. The molecule has 0 atom stereocenters. The lowest BCUT2D eigenvalue weighted by molar-refractivity contribution is 0.248. The Kier molecular flexibility index (Phi) is 5.76. The number of rotatable bonds is 5. The summed E-state index contributed by atoms with van der Waals surface area (Å²) < 4.78 is 0. The molecule has 0 aliphatic carbocycles. The van der Waals surface area contributed by atoms with Gasteiger partial charge in [-0.25, -0.2) is 9.97 Å². The minimum absolute atomic E-state index is 0.409. The highest BCUT2D eigenvalue weighted by Gasteiger charge is 2.19. The molecule has 1 aliphatic rings. The molecule has 0 amide bonds. The van der Waals surface area contributed by atoms with E-state index in [1.807, 2.05) is 32.3 Å². The van der Waals surface area contributed by atoms with Crippen LogP contribution in [0.5, 0.6) is 5.75 Å². The van der Waals surface area contributed by atoms with Crippen molar-refractivity contribution in [2.45, 2.75) is 26.8 Å². The molecule has 1 N–H and O–H groups in total. The Labute approximate surface area is 172 Å². The van der Waals surface area contributed by atoms with Gasteiger partial charge in [-0.3, -0.25) is 4.90 Å². The van der Waals surface area contributed by atoms with Crippen LogP contribution in [0, 0.1) is 13.8 Å². The number of piperazine rings is 1. The Morgan fingerprint density at radius 3 is 2.07 bits per heavy atom. The first-order valence-corrected chi connectivity index (χ1v) is 10.2. The van der Waals surface area contributed by atoms with Crippen LogP contribution in [-0.4, -0.2) is 46.2 Å². The average molecular weight is 389 g/mol. The summed E-state index contributed by atoms with van der Waals surface area (Å²) >= 11 is 0. The molecule has 29 heavy (non-hydrogen) atoms. The molecule has 4 rings (SSSR count). The SMILES string of the molecule is Cc1cc(CN2CCN(c3ncc(Cc4ccccc4)cn3)CC2)cc(C)c1O. The van der Waals surface area contributed by atoms with E-state index in [0.717, 1.165) is 61.8 Å². The molecule has 2 aromatic carbocycles. The summed E-state index contributed by atoms with van der Waals surface area (Å²) in [5, 5.41) is 9.97. The molecule has 1 saturated heterocycles. The van der Waals surface area contributed by atoms with E-state index >= 15 is 0 Å². The van der Waals surface area contributed by atoms with Gasteiger partial charge in [0.05, 0.1) is 0 Å². The number of aryl methyl sites for hydroxylation is 2. The van der Waals surface area contributed by atoms with E-state index in [2.05, 4.69) is 56.2 Å². The topological polar surface area (TPSA) is 52.5 Å². The molecule has 1 aromatic heterocycles. The van der Waals surface area contributed by atoms with Crippen molar-refractivity contribution in [3.8, 4) is 5.75 Å². The van der Waals surface area contributed by atoms with Gasteiger partial charge in [-0.15, -0.1) is 0 Å². The molecule has 0 unspecified atom stereocenters. The summed E-state index contributed by atoms with van der Waals surface area (Å²) in [6, 6.07) is 14.6. The number of nitrogens with zero attached hydrogens (tertiary/aromatic N) is 4. The van der Waals surface area contributed by atoms with Crippen LogP contribution in [-0.2, 0) is 13.0 Å². The van der Waals surface area contributed by atoms with Crippen LogP contribution in [0.1, 0.15) is 27.8 Å². The van der Waals surface area contributed by atoms with Gasteiger partial charge in [-0.05, 0) is 41.7 Å². The third kappa shape index (κ3) is 4.74. The van der Waals surface area contributed by atoms with Gasteiger partial charge >= 0.3 is 0 Å². The molecular weight excluding hydrogens is 360 g/mol. The number of hydrogen-bond acceptors (Lipinski definition) is 5. The van der Waals surface area contributed by atoms with Gasteiger partial charge in [-0.1, -0.05) is 42.5 Å². The first kappa shape index (κ1) is 19.4. The minimum atomic E-state index is 0.409. The van der Waals surface area contributed by atoms with E-state index in [9.17, 15) is 5.11 Å². The number of benzene rings is 2. The van der Waals surface area contributed by atoms with E-state index in [0.29, 0.717) is 5.75 Å². The zero-order valence-corrected chi connectivity index (χ0v) is 17.2. The predicted octanol–water partition coefficient (Wildman–Crippen LogP) is 3.71. The lowest BCUT2D eigenvalue weighted by Gasteiger charge is -2.34. The Morgan fingerprint density at radius 1 is 0.828 bits per heavy atom. The fourth-order valence-corrected chi connectivity index (χ4v) is 3.94. The summed E-state index contributed by atoms with van der Waals surface area (Å²) in [5.74, 6) is 1.23. The molecule has 0 spiro atoms. The quantitative estimate of drug-likeness (QED) is 0.722. The second kappa shape index (κ2) is 8.62. The number of aromatic nitrogens is 2. The van der Waals surface area contributed by atoms with Gasteiger partial charge < -0.3 is 10.0 Å². The van der Waals surface area contributed by atoms with Crippen LogP contribution < -0.4 is 4.90 Å². The molecule has 3 aromatic rings. The Bertz CT molecular complexity index is 925. The molecule has 5 heteroatoms. The zero-order valence-electron chi connectivity index (χ0n) is 17.2. The Hall–Kier alpha value is -2.92. The largest absolute Gasteiger partial charge is 0.507 e. The Balaban J connectivity index is 1.32. The van der Waals surface area contributed by atoms with E-state index < -0.39 is 0 Å². The van der Waals surface area contributed by atoms with Crippen LogP contribution in [0.2, 0.25) is 0 Å². The normalized spacial score (nSPS) is 14.9. The van der Waals surface area contributed by atoms with Gasteiger partial charge in [-0.2, -0.15) is 0 Å². The fraction of sp³-hybridized carbons (Fsp3) is 0.333. The van der Waals surface area contributed by atoms with Gasteiger partial charge in [0.1, 0.15) is 5.75 Å². The molecule has 0 bridgehead atoms. The summed E-state index contributed by atoms with van der Waals surface area (Å²) in [5.41, 5.74) is 5.56. The van der Waals surface area contributed by atoms with Crippen molar-refractivity contribution in [2.75, 3.05) is 31.1 Å². The molecule has 0 saturated carbocycles. The molecule has 0 radical (unpaired) electrons. The maximum Gasteiger partial charge on any atom is 0.225 e. The van der Waals surface area contributed by atoms with E-state index in [1.165, 1.54) is 11.1 Å². The van der Waals surface area contributed by atoms with Gasteiger partial charge in [0, 0.05) is 51.5 Å². The van der Waals surface area contributed by atoms with Crippen LogP contribution in [0.4, 0.5) is 5.95 Å². The summed E-state index contributed by atoms with van der Waals surface area (Å²) in [4.78, 5) is 13.9. The lowest BCUT2D eigenvalue weighted by Crippen LogP contribution is -2.46.